The van der Waals surface area contributed by atoms with Crippen molar-refractivity contribution in [1.82, 2.24) is 5.01 Å². The fraction of sp³-hybridized carbons (Fsp3) is 0.185. The van der Waals surface area contributed by atoms with Gasteiger partial charge in [0.05, 0.1) is 11.8 Å². The second-order valence-electron chi connectivity index (χ2n) is 8.73. The van der Waals surface area contributed by atoms with Gasteiger partial charge in [0.15, 0.2) is 5.17 Å². The minimum Gasteiger partial charge on any atom is -0.326 e. The van der Waals surface area contributed by atoms with Crippen molar-refractivity contribution in [1.29, 1.82) is 0 Å². The van der Waals surface area contributed by atoms with Crippen molar-refractivity contribution in [3.63, 3.8) is 0 Å². The van der Waals surface area contributed by atoms with E-state index in [9.17, 15) is 18.4 Å². The molecule has 3 aromatic rings. The van der Waals surface area contributed by atoms with Gasteiger partial charge in [-0.3, -0.25) is 9.59 Å². The minimum atomic E-state index is -0.740. The van der Waals surface area contributed by atoms with E-state index in [0.717, 1.165) is 22.9 Å². The van der Waals surface area contributed by atoms with Crippen molar-refractivity contribution >= 4 is 51.7 Å². The van der Waals surface area contributed by atoms with Crippen LogP contribution in [0.5, 0.6) is 0 Å². The summed E-state index contributed by atoms with van der Waals surface area (Å²) in [6.45, 7) is 1.63. The first kappa shape index (κ1) is 25.1. The molecule has 10 heteroatoms. The second-order valence-corrected chi connectivity index (χ2v) is 10.3. The number of amides is 2. The summed E-state index contributed by atoms with van der Waals surface area (Å²) in [4.78, 5) is 29.5. The highest BCUT2D eigenvalue weighted by atomic mass is 35.5. The molecule has 2 aliphatic rings. The zero-order valence-electron chi connectivity index (χ0n) is 19.6. The number of rotatable bonds is 5. The van der Waals surface area contributed by atoms with Gasteiger partial charge in [-0.05, 0) is 60.0 Å². The maximum atomic E-state index is 13.8. The molecule has 0 fully saturated rings. The van der Waals surface area contributed by atoms with Crippen LogP contribution in [-0.4, -0.2) is 33.0 Å². The standard InChI is InChI=1S/C27H21ClF2N4O2S/c1-15-5-10-20(12-21(15)30)31-25(35)14-24-26(36)32-27(37-24)34-23(17-3-2-4-18(28)11-17)13-22(33-34)16-6-8-19(29)9-7-16/h2-12,23-24H,13-14H2,1H3,(H,31,35)/t23-,24-/m0/s1. The molecule has 2 heterocycles. The van der Waals surface area contributed by atoms with Gasteiger partial charge in [0, 0.05) is 23.6 Å². The van der Waals surface area contributed by atoms with Gasteiger partial charge >= 0.3 is 0 Å². The number of benzene rings is 3. The smallest absolute Gasteiger partial charge is 0.262 e. The largest absolute Gasteiger partial charge is 0.326 e. The first-order valence-corrected chi connectivity index (χ1v) is 12.8. The number of thioether (sulfide) groups is 1. The van der Waals surface area contributed by atoms with Crippen LogP contribution in [0.3, 0.4) is 0 Å². The summed E-state index contributed by atoms with van der Waals surface area (Å²) in [6.07, 6.45) is 0.361. The molecule has 3 aromatic carbocycles. The lowest BCUT2D eigenvalue weighted by Gasteiger charge is -2.23. The minimum absolute atomic E-state index is 0.129. The summed E-state index contributed by atoms with van der Waals surface area (Å²) < 4.78 is 27.3. The monoisotopic (exact) mass is 538 g/mol. The highest BCUT2D eigenvalue weighted by Gasteiger charge is 2.39. The Balaban J connectivity index is 1.35. The molecular weight excluding hydrogens is 518 g/mol. The number of aryl methyl sites for hydroxylation is 1. The SMILES string of the molecule is Cc1ccc(NC(=O)C[C@@H]2SC(N3N=C(c4ccc(F)cc4)C[C@H]3c3cccc(Cl)c3)=NC2=O)cc1F. The third kappa shape index (κ3) is 5.57. The van der Waals surface area contributed by atoms with Crippen molar-refractivity contribution in [2.24, 2.45) is 10.1 Å². The lowest BCUT2D eigenvalue weighted by molar-refractivity contribution is -0.121. The molecule has 0 saturated carbocycles. The normalized spacial score (nSPS) is 19.1. The van der Waals surface area contributed by atoms with Crippen LogP contribution in [0.2, 0.25) is 5.02 Å². The van der Waals surface area contributed by atoms with E-state index in [1.54, 1.807) is 42.3 Å². The molecule has 37 heavy (non-hydrogen) atoms. The van der Waals surface area contributed by atoms with E-state index < -0.39 is 22.9 Å². The fourth-order valence-corrected chi connectivity index (χ4v) is 5.39. The summed E-state index contributed by atoms with van der Waals surface area (Å²) in [5.41, 5.74) is 3.14. The highest BCUT2D eigenvalue weighted by Crippen LogP contribution is 2.39. The number of anilines is 1. The lowest BCUT2D eigenvalue weighted by atomic mass is 9.98. The van der Waals surface area contributed by atoms with Crippen molar-refractivity contribution in [2.75, 3.05) is 5.32 Å². The number of hydrazone groups is 1. The molecule has 0 aromatic heterocycles. The Bertz CT molecular complexity index is 1440. The van der Waals surface area contributed by atoms with Gasteiger partial charge in [-0.2, -0.15) is 10.1 Å². The number of carbonyl (C=O) groups excluding carboxylic acids is 2. The van der Waals surface area contributed by atoms with Crippen LogP contribution >= 0.6 is 23.4 Å². The van der Waals surface area contributed by atoms with Crippen molar-refractivity contribution in [2.45, 2.75) is 31.1 Å². The Kier molecular flexibility index (Phi) is 7.08. The number of amidine groups is 1. The van der Waals surface area contributed by atoms with Gasteiger partial charge in [-0.25, -0.2) is 13.8 Å². The molecule has 0 bridgehead atoms. The van der Waals surface area contributed by atoms with Gasteiger partial charge in [-0.1, -0.05) is 53.7 Å². The van der Waals surface area contributed by atoms with E-state index in [1.165, 1.54) is 18.2 Å². The summed E-state index contributed by atoms with van der Waals surface area (Å²) in [6, 6.07) is 17.5. The quantitative estimate of drug-likeness (QED) is 0.426. The Hall–Kier alpha value is -3.56. The van der Waals surface area contributed by atoms with Crippen molar-refractivity contribution in [3.8, 4) is 0 Å². The molecule has 2 aliphatic heterocycles. The van der Waals surface area contributed by atoms with E-state index in [0.29, 0.717) is 33.6 Å². The fourth-order valence-electron chi connectivity index (χ4n) is 4.13. The van der Waals surface area contributed by atoms with E-state index >= 15 is 0 Å². The van der Waals surface area contributed by atoms with Crippen LogP contribution in [0.15, 0.2) is 76.8 Å². The molecule has 1 N–H and O–H groups in total. The predicted octanol–water partition coefficient (Wildman–Crippen LogP) is 6.10. The van der Waals surface area contributed by atoms with E-state index in [-0.39, 0.29) is 18.3 Å². The van der Waals surface area contributed by atoms with Crippen LogP contribution in [0.1, 0.15) is 35.6 Å². The van der Waals surface area contributed by atoms with E-state index in [4.69, 9.17) is 16.7 Å². The van der Waals surface area contributed by atoms with Crippen LogP contribution in [0, 0.1) is 18.6 Å². The first-order valence-electron chi connectivity index (χ1n) is 11.5. The van der Waals surface area contributed by atoms with Gasteiger partial charge in [0.1, 0.15) is 16.9 Å². The number of nitrogens with zero attached hydrogens (tertiary/aromatic N) is 3. The Morgan fingerprint density at radius 2 is 1.92 bits per heavy atom. The molecule has 5 rings (SSSR count). The second kappa shape index (κ2) is 10.4. The zero-order chi connectivity index (χ0) is 26.1. The zero-order valence-corrected chi connectivity index (χ0v) is 21.2. The molecule has 6 nitrogen and oxygen atoms in total. The van der Waals surface area contributed by atoms with Crippen LogP contribution in [-0.2, 0) is 9.59 Å². The number of hydrogen-bond donors (Lipinski definition) is 1. The first-order chi connectivity index (χ1) is 17.8. The van der Waals surface area contributed by atoms with Gasteiger partial charge in [-0.15, -0.1) is 0 Å². The number of carbonyl (C=O) groups is 2. The molecule has 0 unspecified atom stereocenters. The average molecular weight is 539 g/mol. The Morgan fingerprint density at radius 3 is 2.65 bits per heavy atom. The molecule has 2 atom stereocenters. The third-order valence-corrected chi connectivity index (χ3v) is 7.45. The molecule has 0 aliphatic carbocycles. The van der Waals surface area contributed by atoms with E-state index in [2.05, 4.69) is 10.3 Å². The maximum absolute atomic E-state index is 13.8. The van der Waals surface area contributed by atoms with Gasteiger partial charge in [0.2, 0.25) is 5.91 Å². The number of aliphatic imine (C=N–C) groups is 1. The predicted molar refractivity (Wildman–Crippen MR) is 142 cm³/mol. The molecule has 2 amide bonds. The van der Waals surface area contributed by atoms with Gasteiger partial charge < -0.3 is 5.32 Å². The van der Waals surface area contributed by atoms with Crippen molar-refractivity contribution in [3.05, 3.63) is 100 Å². The van der Waals surface area contributed by atoms with Crippen molar-refractivity contribution < 1.29 is 18.4 Å². The Labute approximate surface area is 221 Å². The molecule has 0 spiro atoms. The molecule has 0 radical (unpaired) electrons. The molecule has 188 valence electrons. The highest BCUT2D eigenvalue weighted by molar-refractivity contribution is 8.15. The molecule has 0 saturated heterocycles. The third-order valence-electron chi connectivity index (χ3n) is 6.07. The average Bonchev–Trinajstić information content (AvgIpc) is 3.46. The topological polar surface area (TPSA) is 74.1 Å². The number of halogens is 3. The van der Waals surface area contributed by atoms with Crippen LogP contribution in [0.25, 0.3) is 0 Å². The molecular formula is C27H21ClF2N4O2S. The maximum Gasteiger partial charge on any atom is 0.262 e. The van der Waals surface area contributed by atoms with Crippen LogP contribution < -0.4 is 5.32 Å². The van der Waals surface area contributed by atoms with Gasteiger partial charge in [0.25, 0.3) is 5.91 Å². The Morgan fingerprint density at radius 1 is 1.14 bits per heavy atom. The summed E-state index contributed by atoms with van der Waals surface area (Å²) in [5.74, 6) is -1.64. The van der Waals surface area contributed by atoms with Crippen LogP contribution in [0.4, 0.5) is 14.5 Å². The number of nitrogens with one attached hydrogen (secondary N) is 1. The summed E-state index contributed by atoms with van der Waals surface area (Å²) in [7, 11) is 0. The summed E-state index contributed by atoms with van der Waals surface area (Å²) in [5, 5.41) is 9.22. The number of hydrogen-bond acceptors (Lipinski definition) is 5. The summed E-state index contributed by atoms with van der Waals surface area (Å²) >= 11 is 7.39. The van der Waals surface area contributed by atoms with E-state index in [1.807, 2.05) is 18.2 Å². The lowest BCUT2D eigenvalue weighted by Crippen LogP contribution is -2.25.